The Morgan fingerprint density at radius 1 is 1.09 bits per heavy atom. The molecule has 0 rings (SSSR count). The summed E-state index contributed by atoms with van der Waals surface area (Å²) in [7, 11) is 4.35. The Morgan fingerprint density at radius 3 is 1.91 bits per heavy atom. The molecule has 68 valence electrons. The van der Waals surface area contributed by atoms with Crippen LogP contribution < -0.4 is 0 Å². The van der Waals surface area contributed by atoms with Gasteiger partial charge in [-0.3, -0.25) is 0 Å². The van der Waals surface area contributed by atoms with Crippen molar-refractivity contribution >= 4 is 0 Å². The van der Waals surface area contributed by atoms with Gasteiger partial charge in [0.05, 0.1) is 0 Å². The van der Waals surface area contributed by atoms with Crippen LogP contribution in [0.25, 0.3) is 0 Å². The van der Waals surface area contributed by atoms with Gasteiger partial charge in [-0.2, -0.15) is 0 Å². The summed E-state index contributed by atoms with van der Waals surface area (Å²) in [4.78, 5) is 2.34. The van der Waals surface area contributed by atoms with E-state index in [1.165, 1.54) is 19.3 Å². The molecule has 1 nitrogen and oxygen atoms in total. The highest BCUT2D eigenvalue weighted by atomic mass is 15.1. The van der Waals surface area contributed by atoms with Crippen molar-refractivity contribution in [2.45, 2.75) is 46.1 Å². The summed E-state index contributed by atoms with van der Waals surface area (Å²) in [6, 6.07) is 0.789. The molecule has 0 spiro atoms. The van der Waals surface area contributed by atoms with Crippen LogP contribution in [0.4, 0.5) is 0 Å². The number of nitrogens with zero attached hydrogens (tertiary/aromatic N) is 1. The maximum Gasteiger partial charge on any atom is 0.00866 e. The highest BCUT2D eigenvalue weighted by molar-refractivity contribution is 4.64. The molecule has 0 saturated carbocycles. The first-order valence-electron chi connectivity index (χ1n) is 4.74. The van der Waals surface area contributed by atoms with Crippen LogP contribution in [-0.2, 0) is 0 Å². The lowest BCUT2D eigenvalue weighted by molar-refractivity contribution is 0.258. The van der Waals surface area contributed by atoms with Crippen LogP contribution in [0.5, 0.6) is 0 Å². The second-order valence-electron chi connectivity index (χ2n) is 4.00. The molecule has 0 aromatic rings. The van der Waals surface area contributed by atoms with Crippen LogP contribution in [0.2, 0.25) is 0 Å². The standard InChI is InChI=1S/C10H23N/c1-6-10(11(4)5)8-7-9(2)3/h9-10H,6-8H2,1-5H3. The molecule has 11 heavy (non-hydrogen) atoms. The van der Waals surface area contributed by atoms with E-state index in [0.29, 0.717) is 0 Å². The third kappa shape index (κ3) is 5.25. The summed E-state index contributed by atoms with van der Waals surface area (Å²) in [5, 5.41) is 0. The van der Waals surface area contributed by atoms with Crippen LogP contribution in [-0.4, -0.2) is 25.0 Å². The van der Waals surface area contributed by atoms with Crippen molar-refractivity contribution in [3.63, 3.8) is 0 Å². The topological polar surface area (TPSA) is 3.24 Å². The second kappa shape index (κ2) is 5.59. The fraction of sp³-hybridized carbons (Fsp3) is 1.00. The summed E-state index contributed by atoms with van der Waals surface area (Å²) in [6.45, 7) is 6.86. The molecule has 0 saturated heterocycles. The Hall–Kier alpha value is -0.0400. The highest BCUT2D eigenvalue weighted by Crippen LogP contribution is 2.12. The van der Waals surface area contributed by atoms with Gasteiger partial charge in [0.1, 0.15) is 0 Å². The van der Waals surface area contributed by atoms with Crippen molar-refractivity contribution in [2.75, 3.05) is 14.1 Å². The summed E-state index contributed by atoms with van der Waals surface area (Å²) in [6.07, 6.45) is 3.98. The Morgan fingerprint density at radius 2 is 1.64 bits per heavy atom. The van der Waals surface area contributed by atoms with Gasteiger partial charge in [0.25, 0.3) is 0 Å². The van der Waals surface area contributed by atoms with E-state index in [1.54, 1.807) is 0 Å². The van der Waals surface area contributed by atoms with Gasteiger partial charge in [-0.1, -0.05) is 20.8 Å². The van der Waals surface area contributed by atoms with Crippen LogP contribution >= 0.6 is 0 Å². The summed E-state index contributed by atoms with van der Waals surface area (Å²) in [5.41, 5.74) is 0. The molecular formula is C10H23N. The zero-order valence-corrected chi connectivity index (χ0v) is 8.72. The smallest absolute Gasteiger partial charge is 0.00866 e. The second-order valence-corrected chi connectivity index (χ2v) is 4.00. The van der Waals surface area contributed by atoms with Gasteiger partial charge < -0.3 is 4.90 Å². The molecule has 0 N–H and O–H groups in total. The molecule has 0 aromatic carbocycles. The Labute approximate surface area is 71.8 Å². The van der Waals surface area contributed by atoms with Crippen molar-refractivity contribution in [3.8, 4) is 0 Å². The van der Waals surface area contributed by atoms with Gasteiger partial charge in [0, 0.05) is 6.04 Å². The van der Waals surface area contributed by atoms with Gasteiger partial charge in [-0.25, -0.2) is 0 Å². The molecule has 1 atom stereocenters. The van der Waals surface area contributed by atoms with Gasteiger partial charge in [0.2, 0.25) is 0 Å². The van der Waals surface area contributed by atoms with Gasteiger partial charge in [-0.15, -0.1) is 0 Å². The van der Waals surface area contributed by atoms with Gasteiger partial charge in [0.15, 0.2) is 0 Å². The molecule has 1 heteroatoms. The lowest BCUT2D eigenvalue weighted by atomic mass is 10.0. The van der Waals surface area contributed by atoms with Crippen LogP contribution in [0, 0.1) is 5.92 Å². The summed E-state index contributed by atoms with van der Waals surface area (Å²) in [5.74, 6) is 0.851. The predicted molar refractivity (Wildman–Crippen MR) is 51.8 cm³/mol. The maximum atomic E-state index is 2.34. The Bertz CT molecular complexity index is 86.9. The maximum absolute atomic E-state index is 2.34. The molecule has 1 unspecified atom stereocenters. The minimum absolute atomic E-state index is 0.789. The highest BCUT2D eigenvalue weighted by Gasteiger charge is 2.08. The van der Waals surface area contributed by atoms with E-state index in [9.17, 15) is 0 Å². The lowest BCUT2D eigenvalue weighted by Crippen LogP contribution is -2.27. The number of rotatable bonds is 5. The molecule has 0 fully saturated rings. The van der Waals surface area contributed by atoms with Gasteiger partial charge >= 0.3 is 0 Å². The molecule has 0 radical (unpaired) electrons. The molecule has 0 aliphatic rings. The third-order valence-electron chi connectivity index (χ3n) is 2.28. The van der Waals surface area contributed by atoms with E-state index in [2.05, 4.69) is 39.8 Å². The van der Waals surface area contributed by atoms with Crippen molar-refractivity contribution in [1.82, 2.24) is 4.90 Å². The average Bonchev–Trinajstić information content (AvgIpc) is 1.87. The van der Waals surface area contributed by atoms with E-state index in [4.69, 9.17) is 0 Å². The van der Waals surface area contributed by atoms with Crippen molar-refractivity contribution < 1.29 is 0 Å². The SMILES string of the molecule is CCC(CCC(C)C)N(C)C. The average molecular weight is 157 g/mol. The van der Waals surface area contributed by atoms with E-state index in [-0.39, 0.29) is 0 Å². The van der Waals surface area contributed by atoms with Crippen molar-refractivity contribution in [3.05, 3.63) is 0 Å². The number of hydrogen-bond acceptors (Lipinski definition) is 1. The number of hydrogen-bond donors (Lipinski definition) is 0. The molecule has 0 bridgehead atoms. The van der Waals surface area contributed by atoms with Crippen LogP contribution in [0.3, 0.4) is 0 Å². The Balaban J connectivity index is 3.52. The van der Waals surface area contributed by atoms with Crippen LogP contribution in [0.15, 0.2) is 0 Å². The quantitative estimate of drug-likeness (QED) is 0.593. The van der Waals surface area contributed by atoms with E-state index >= 15 is 0 Å². The lowest BCUT2D eigenvalue weighted by Gasteiger charge is -2.23. The predicted octanol–water partition coefficient (Wildman–Crippen LogP) is 2.76. The minimum atomic E-state index is 0.789. The summed E-state index contributed by atoms with van der Waals surface area (Å²) < 4.78 is 0. The molecule has 0 heterocycles. The largest absolute Gasteiger partial charge is 0.306 e. The van der Waals surface area contributed by atoms with E-state index in [0.717, 1.165) is 12.0 Å². The summed E-state index contributed by atoms with van der Waals surface area (Å²) >= 11 is 0. The molecule has 0 aliphatic heterocycles. The van der Waals surface area contributed by atoms with Crippen LogP contribution in [0.1, 0.15) is 40.0 Å². The normalized spacial score (nSPS) is 14.5. The fourth-order valence-corrected chi connectivity index (χ4v) is 1.35. The molecule has 0 aromatic heterocycles. The zero-order valence-electron chi connectivity index (χ0n) is 8.72. The fourth-order valence-electron chi connectivity index (χ4n) is 1.35. The van der Waals surface area contributed by atoms with E-state index in [1.807, 2.05) is 0 Å². The molecular weight excluding hydrogens is 134 g/mol. The Kier molecular flexibility index (Phi) is 5.57. The van der Waals surface area contributed by atoms with E-state index < -0.39 is 0 Å². The van der Waals surface area contributed by atoms with Crippen molar-refractivity contribution in [1.29, 1.82) is 0 Å². The monoisotopic (exact) mass is 157 g/mol. The zero-order chi connectivity index (χ0) is 8.85. The first kappa shape index (κ1) is 11.0. The first-order chi connectivity index (χ1) is 5.07. The molecule has 0 amide bonds. The van der Waals surface area contributed by atoms with Gasteiger partial charge in [-0.05, 0) is 39.3 Å². The third-order valence-corrected chi connectivity index (χ3v) is 2.28. The first-order valence-corrected chi connectivity index (χ1v) is 4.74. The molecule has 0 aliphatic carbocycles. The minimum Gasteiger partial charge on any atom is -0.306 e. The van der Waals surface area contributed by atoms with Crippen molar-refractivity contribution in [2.24, 2.45) is 5.92 Å².